The molecular weight excluding hydrogens is 328 g/mol. The van der Waals surface area contributed by atoms with E-state index in [9.17, 15) is 4.79 Å². The summed E-state index contributed by atoms with van der Waals surface area (Å²) in [5, 5.41) is 5.15. The summed E-state index contributed by atoms with van der Waals surface area (Å²) in [6.45, 7) is 4.98. The molecule has 25 heavy (non-hydrogen) atoms. The number of carbonyl (C=O) groups is 1. The number of rotatable bonds is 7. The highest BCUT2D eigenvalue weighted by Crippen LogP contribution is 2.35. The second-order valence-corrected chi connectivity index (χ2v) is 7.13. The number of thiophene rings is 1. The first-order valence-corrected chi connectivity index (χ1v) is 9.68. The normalized spacial score (nSPS) is 10.8. The average molecular weight is 353 g/mol. The van der Waals surface area contributed by atoms with E-state index >= 15 is 0 Å². The first-order chi connectivity index (χ1) is 12.2. The van der Waals surface area contributed by atoms with Crippen molar-refractivity contribution in [3.05, 3.63) is 64.6 Å². The third-order valence-corrected chi connectivity index (χ3v) is 5.23. The lowest BCUT2D eigenvalue weighted by molar-refractivity contribution is 0.0957. The molecule has 0 aliphatic rings. The van der Waals surface area contributed by atoms with E-state index in [0.717, 1.165) is 47.5 Å². The number of nitrogens with one attached hydrogen (secondary N) is 1. The summed E-state index contributed by atoms with van der Waals surface area (Å²) in [6, 6.07) is 12.4. The van der Waals surface area contributed by atoms with E-state index < -0.39 is 0 Å². The summed E-state index contributed by atoms with van der Waals surface area (Å²) in [5.41, 5.74) is 4.43. The molecule has 3 aromatic rings. The molecule has 130 valence electrons. The van der Waals surface area contributed by atoms with E-state index in [4.69, 9.17) is 0 Å². The zero-order chi connectivity index (χ0) is 17.6. The number of benzene rings is 1. The fraction of sp³-hybridized carbons (Fsp3) is 0.286. The monoisotopic (exact) mass is 352 g/mol. The van der Waals surface area contributed by atoms with Gasteiger partial charge in [-0.3, -0.25) is 4.79 Å². The topological polar surface area (TPSA) is 34.0 Å². The molecule has 0 atom stereocenters. The van der Waals surface area contributed by atoms with Crippen LogP contribution in [0.4, 0.5) is 0 Å². The molecule has 4 heteroatoms. The lowest BCUT2D eigenvalue weighted by atomic mass is 10.0. The Balaban J connectivity index is 1.94. The highest BCUT2D eigenvalue weighted by atomic mass is 32.1. The Bertz CT molecular complexity index is 816. The van der Waals surface area contributed by atoms with E-state index in [2.05, 4.69) is 48.8 Å². The molecule has 1 amide bonds. The van der Waals surface area contributed by atoms with Crippen molar-refractivity contribution in [2.45, 2.75) is 33.1 Å². The van der Waals surface area contributed by atoms with Crippen LogP contribution < -0.4 is 5.32 Å². The maximum atomic E-state index is 12.7. The quantitative estimate of drug-likeness (QED) is 0.565. The minimum absolute atomic E-state index is 0.0168. The van der Waals surface area contributed by atoms with Gasteiger partial charge in [0.2, 0.25) is 0 Å². The van der Waals surface area contributed by atoms with Crippen LogP contribution in [-0.4, -0.2) is 17.0 Å². The molecule has 0 aliphatic heterocycles. The molecule has 3 nitrogen and oxygen atoms in total. The van der Waals surface area contributed by atoms with Crippen molar-refractivity contribution in [3.63, 3.8) is 0 Å². The second-order valence-electron chi connectivity index (χ2n) is 6.25. The molecule has 0 bridgehead atoms. The van der Waals surface area contributed by atoms with Gasteiger partial charge in [0.15, 0.2) is 0 Å². The summed E-state index contributed by atoms with van der Waals surface area (Å²) < 4.78 is 2.03. The minimum Gasteiger partial charge on any atom is -0.351 e. The van der Waals surface area contributed by atoms with Crippen molar-refractivity contribution in [1.29, 1.82) is 0 Å². The first-order valence-electron chi connectivity index (χ1n) is 8.80. The van der Waals surface area contributed by atoms with Crippen LogP contribution in [-0.2, 0) is 0 Å². The van der Waals surface area contributed by atoms with E-state index in [1.807, 2.05) is 29.1 Å². The van der Waals surface area contributed by atoms with Crippen molar-refractivity contribution < 1.29 is 4.79 Å². The van der Waals surface area contributed by atoms with E-state index in [0.29, 0.717) is 0 Å². The highest BCUT2D eigenvalue weighted by molar-refractivity contribution is 7.13. The van der Waals surface area contributed by atoms with Crippen LogP contribution in [0.3, 0.4) is 0 Å². The number of carbonyl (C=O) groups excluding carboxylic acids is 1. The molecule has 1 aromatic carbocycles. The Hall–Kier alpha value is -2.33. The van der Waals surface area contributed by atoms with Crippen LogP contribution in [0, 0.1) is 6.92 Å². The van der Waals surface area contributed by atoms with Gasteiger partial charge in [0.05, 0.1) is 5.69 Å². The number of aryl methyl sites for hydroxylation is 1. The average Bonchev–Trinajstić information content (AvgIpc) is 3.28. The van der Waals surface area contributed by atoms with Gasteiger partial charge in [0, 0.05) is 29.9 Å². The van der Waals surface area contributed by atoms with Gasteiger partial charge in [-0.05, 0) is 31.0 Å². The number of unbranched alkanes of at least 4 members (excludes halogenated alkanes) is 2. The Morgan fingerprint density at radius 2 is 1.84 bits per heavy atom. The maximum Gasteiger partial charge on any atom is 0.263 e. The van der Waals surface area contributed by atoms with Crippen LogP contribution in [0.15, 0.2) is 54.2 Å². The zero-order valence-corrected chi connectivity index (χ0v) is 15.6. The predicted octanol–water partition coefficient (Wildman–Crippen LogP) is 5.43. The second kappa shape index (κ2) is 8.17. The van der Waals surface area contributed by atoms with Crippen molar-refractivity contribution in [3.8, 4) is 16.8 Å². The van der Waals surface area contributed by atoms with Crippen molar-refractivity contribution in [2.24, 2.45) is 0 Å². The standard InChI is InChI=1S/C21H24N2OS/c1-3-4-5-12-22-21(24)20-19(23-13-6-7-14-23)18(15-25-20)17-10-8-16(2)9-11-17/h6-11,13-15H,3-5,12H2,1-2H3,(H,22,24). The van der Waals surface area contributed by atoms with Gasteiger partial charge in [0.25, 0.3) is 5.91 Å². The molecule has 0 radical (unpaired) electrons. The third-order valence-electron chi connectivity index (χ3n) is 4.26. The minimum atomic E-state index is 0.0168. The summed E-state index contributed by atoms with van der Waals surface area (Å²) in [4.78, 5) is 13.5. The Morgan fingerprint density at radius 3 is 2.52 bits per heavy atom. The molecule has 3 rings (SSSR count). The van der Waals surface area contributed by atoms with Crippen LogP contribution in [0.1, 0.15) is 41.4 Å². The van der Waals surface area contributed by atoms with E-state index in [-0.39, 0.29) is 5.91 Å². The molecule has 1 N–H and O–H groups in total. The number of hydrogen-bond donors (Lipinski definition) is 1. The molecule has 0 spiro atoms. The summed E-state index contributed by atoms with van der Waals surface area (Å²) in [5.74, 6) is 0.0168. The molecule has 0 saturated carbocycles. The van der Waals surface area contributed by atoms with Crippen molar-refractivity contribution >= 4 is 17.2 Å². The predicted molar refractivity (Wildman–Crippen MR) is 106 cm³/mol. The van der Waals surface area contributed by atoms with E-state index in [1.165, 1.54) is 16.9 Å². The molecular formula is C21H24N2OS. The molecule has 0 fully saturated rings. The first kappa shape index (κ1) is 17.5. The van der Waals surface area contributed by atoms with Gasteiger partial charge < -0.3 is 9.88 Å². The van der Waals surface area contributed by atoms with Gasteiger partial charge in [-0.1, -0.05) is 49.6 Å². The summed E-state index contributed by atoms with van der Waals surface area (Å²) >= 11 is 1.51. The van der Waals surface area contributed by atoms with Gasteiger partial charge in [0.1, 0.15) is 4.88 Å². The van der Waals surface area contributed by atoms with Crippen molar-refractivity contribution in [1.82, 2.24) is 9.88 Å². The molecule has 2 aromatic heterocycles. The Labute approximate surface area is 153 Å². The summed E-state index contributed by atoms with van der Waals surface area (Å²) in [7, 11) is 0. The number of amides is 1. The van der Waals surface area contributed by atoms with Crippen molar-refractivity contribution in [2.75, 3.05) is 6.54 Å². The van der Waals surface area contributed by atoms with Crippen LogP contribution >= 0.6 is 11.3 Å². The van der Waals surface area contributed by atoms with Crippen LogP contribution in [0.2, 0.25) is 0 Å². The van der Waals surface area contributed by atoms with Gasteiger partial charge in [-0.15, -0.1) is 11.3 Å². The maximum absolute atomic E-state index is 12.7. The lowest BCUT2D eigenvalue weighted by Gasteiger charge is -2.10. The van der Waals surface area contributed by atoms with Crippen LogP contribution in [0.5, 0.6) is 0 Å². The fourth-order valence-electron chi connectivity index (χ4n) is 2.85. The van der Waals surface area contributed by atoms with Gasteiger partial charge in [-0.2, -0.15) is 0 Å². The lowest BCUT2D eigenvalue weighted by Crippen LogP contribution is -2.24. The fourth-order valence-corrected chi connectivity index (χ4v) is 3.84. The molecule has 0 saturated heterocycles. The van der Waals surface area contributed by atoms with Gasteiger partial charge >= 0.3 is 0 Å². The molecule has 2 heterocycles. The highest BCUT2D eigenvalue weighted by Gasteiger charge is 2.20. The Kier molecular flexibility index (Phi) is 5.71. The molecule has 0 aliphatic carbocycles. The zero-order valence-electron chi connectivity index (χ0n) is 14.8. The smallest absolute Gasteiger partial charge is 0.263 e. The van der Waals surface area contributed by atoms with Gasteiger partial charge in [-0.25, -0.2) is 0 Å². The third kappa shape index (κ3) is 4.02. The SMILES string of the molecule is CCCCCNC(=O)c1scc(-c2ccc(C)cc2)c1-n1cccc1. The number of aromatic nitrogens is 1. The van der Waals surface area contributed by atoms with E-state index in [1.54, 1.807) is 0 Å². The number of nitrogens with zero attached hydrogens (tertiary/aromatic N) is 1. The van der Waals surface area contributed by atoms with Crippen LogP contribution in [0.25, 0.3) is 16.8 Å². The number of hydrogen-bond acceptors (Lipinski definition) is 2. The summed E-state index contributed by atoms with van der Waals surface area (Å²) in [6.07, 6.45) is 7.31. The largest absolute Gasteiger partial charge is 0.351 e. The Morgan fingerprint density at radius 1 is 1.12 bits per heavy atom. The molecule has 0 unspecified atom stereocenters.